The monoisotopic (exact) mass is 1130 g/mol. The largest absolute Gasteiger partial charge is 0.548 e. The summed E-state index contributed by atoms with van der Waals surface area (Å²) in [5.41, 5.74) is 0.429. The minimum Gasteiger partial charge on any atom is -0.548 e. The van der Waals surface area contributed by atoms with Crippen LogP contribution in [0.5, 0.6) is 40.2 Å². The van der Waals surface area contributed by atoms with E-state index in [0.29, 0.717) is 48.0 Å². The molecule has 0 saturated heterocycles. The number of carbonyl (C=O) groups excluding carboxylic acids is 3. The minimum absolute atomic E-state index is 0.0176. The maximum absolute atomic E-state index is 13.5. The van der Waals surface area contributed by atoms with Gasteiger partial charge in [0, 0.05) is 34.4 Å². The Hall–Kier alpha value is -3.57. The molecule has 4 N–H and O–H groups in total. The van der Waals surface area contributed by atoms with Crippen molar-refractivity contribution in [1.82, 2.24) is 5.32 Å². The molecule has 0 fully saturated rings. The van der Waals surface area contributed by atoms with E-state index in [-0.39, 0.29) is 46.3 Å². The maximum Gasteiger partial charge on any atom is 0.340 e. The molecule has 5 aromatic rings. The fraction of sp³-hybridized carbons (Fsp3) is 0.0833. The molecule has 1 atom stereocenters. The summed E-state index contributed by atoms with van der Waals surface area (Å²) in [6.07, 6.45) is -0.0985. The van der Waals surface area contributed by atoms with Gasteiger partial charge in [0.2, 0.25) is 0 Å². The summed E-state index contributed by atoms with van der Waals surface area (Å²) in [5.74, 6) is -1.48. The van der Waals surface area contributed by atoms with E-state index >= 15 is 0 Å². The third kappa shape index (κ3) is 6.53. The zero-order valence-electron chi connectivity index (χ0n) is 25.5. The summed E-state index contributed by atoms with van der Waals surface area (Å²) in [5, 5.41) is 45.2. The molecule has 0 unspecified atom stereocenters. The first-order valence-electron chi connectivity index (χ1n) is 14.8. The molecule has 2 aliphatic rings. The Morgan fingerprint density at radius 2 is 1.35 bits per heavy atom. The van der Waals surface area contributed by atoms with E-state index in [0.717, 1.165) is 0 Å². The van der Waals surface area contributed by atoms with Gasteiger partial charge in [0.05, 0.1) is 31.9 Å². The molecule has 0 aliphatic carbocycles. The lowest BCUT2D eigenvalue weighted by Gasteiger charge is -2.36. The fourth-order valence-corrected chi connectivity index (χ4v) is 9.89. The second kappa shape index (κ2) is 13.8. The Labute approximate surface area is 343 Å². The van der Waals surface area contributed by atoms with Crippen molar-refractivity contribution < 1.29 is 49.0 Å². The molecule has 51 heavy (non-hydrogen) atoms. The number of carbonyl (C=O) groups is 3. The number of aromatic hydroxyl groups is 3. The van der Waals surface area contributed by atoms with Crippen LogP contribution in [0.2, 0.25) is 0 Å². The van der Waals surface area contributed by atoms with Crippen LogP contribution in [0.4, 0.5) is 0 Å². The normalized spacial score (nSPS) is 14.1. The summed E-state index contributed by atoms with van der Waals surface area (Å²) in [4.78, 5) is 39.2. The summed E-state index contributed by atoms with van der Waals surface area (Å²) in [7, 11) is 0. The molecule has 0 aromatic heterocycles. The third-order valence-corrected chi connectivity index (χ3v) is 11.6. The number of rotatable bonds is 7. The molecule has 0 radical (unpaired) electrons. The molecule has 7 rings (SSSR count). The number of amides is 1. The molecule has 15 heteroatoms. The summed E-state index contributed by atoms with van der Waals surface area (Å²) < 4.78 is 20.8. The van der Waals surface area contributed by atoms with Gasteiger partial charge < -0.3 is 44.7 Å². The van der Waals surface area contributed by atoms with Crippen LogP contribution >= 0.6 is 90.4 Å². The molecule has 1 spiro atoms. The van der Waals surface area contributed by atoms with Gasteiger partial charge in [-0.05, 0) is 163 Å². The van der Waals surface area contributed by atoms with Crippen molar-refractivity contribution in [1.29, 1.82) is 0 Å². The van der Waals surface area contributed by atoms with Gasteiger partial charge in [-0.25, -0.2) is 4.79 Å². The van der Waals surface area contributed by atoms with Gasteiger partial charge in [0.15, 0.2) is 11.4 Å². The van der Waals surface area contributed by atoms with E-state index in [1.165, 1.54) is 36.4 Å². The highest BCUT2D eigenvalue weighted by molar-refractivity contribution is 14.1. The average Bonchev–Trinajstić information content (AvgIpc) is 3.36. The van der Waals surface area contributed by atoms with Crippen molar-refractivity contribution in [2.75, 3.05) is 0 Å². The lowest BCUT2D eigenvalue weighted by molar-refractivity contribution is -0.308. The zero-order chi connectivity index (χ0) is 36.4. The Morgan fingerprint density at radius 1 is 0.784 bits per heavy atom. The zero-order valence-corrected chi connectivity index (χ0v) is 34.1. The predicted molar refractivity (Wildman–Crippen MR) is 213 cm³/mol. The van der Waals surface area contributed by atoms with Crippen molar-refractivity contribution in [3.8, 4) is 40.2 Å². The van der Waals surface area contributed by atoms with Crippen LogP contribution in [0.25, 0.3) is 0 Å². The number of benzene rings is 5. The van der Waals surface area contributed by atoms with E-state index in [2.05, 4.69) is 50.5 Å². The van der Waals surface area contributed by atoms with Gasteiger partial charge in [-0.1, -0.05) is 6.07 Å². The van der Waals surface area contributed by atoms with Crippen molar-refractivity contribution in [3.05, 3.63) is 127 Å². The molecule has 258 valence electrons. The standard InChI is InChI=1S/C36H21I4NO10/c37-24-13-19(14-25(38)31(24)44)49-32-26(39)7-15(8-27(32)40)9-28(34(46)47)41-33(45)16-1-4-21-20(10-16)35(48)51-36(21)22-5-2-17(42)11-29(22)50-30-12-18(43)3-6-23(30)36/h1-8,10-14,28,42-44H,9H2,(H,41,45)(H,46,47)/p-1/t28-/m0/s1. The van der Waals surface area contributed by atoms with Crippen molar-refractivity contribution in [2.24, 2.45) is 0 Å². The summed E-state index contributed by atoms with van der Waals surface area (Å²) in [6, 6.07) is 18.6. The average molecular weight is 1130 g/mol. The molecular weight excluding hydrogens is 1110 g/mol. The highest BCUT2D eigenvalue weighted by Gasteiger charge is 2.53. The lowest BCUT2D eigenvalue weighted by atomic mass is 9.77. The van der Waals surface area contributed by atoms with Gasteiger partial charge in [-0.2, -0.15) is 0 Å². The molecule has 5 aromatic carbocycles. The van der Waals surface area contributed by atoms with Gasteiger partial charge in [0.1, 0.15) is 34.5 Å². The van der Waals surface area contributed by atoms with Crippen molar-refractivity contribution in [2.45, 2.75) is 18.1 Å². The Morgan fingerprint density at radius 3 is 1.92 bits per heavy atom. The molecular formula is C36H20I4NO10-. The van der Waals surface area contributed by atoms with Crippen molar-refractivity contribution >= 4 is 108 Å². The minimum atomic E-state index is -1.51. The second-order valence-electron chi connectivity index (χ2n) is 11.6. The molecule has 1 amide bonds. The van der Waals surface area contributed by atoms with Crippen LogP contribution < -0.4 is 19.9 Å². The second-order valence-corrected chi connectivity index (χ2v) is 16.2. The van der Waals surface area contributed by atoms with Crippen LogP contribution in [-0.4, -0.2) is 39.2 Å². The highest BCUT2D eigenvalue weighted by atomic mass is 127. The summed E-state index contributed by atoms with van der Waals surface area (Å²) >= 11 is 8.21. The number of phenolic OH excluding ortho intramolecular Hbond substituents is 3. The predicted octanol–water partition coefficient (Wildman–Crippen LogP) is 6.67. The smallest absolute Gasteiger partial charge is 0.340 e. The van der Waals surface area contributed by atoms with Crippen LogP contribution in [0.3, 0.4) is 0 Å². The number of aliphatic carboxylic acids is 1. The fourth-order valence-electron chi connectivity index (χ4n) is 6.06. The van der Waals surface area contributed by atoms with Crippen LogP contribution in [0.15, 0.2) is 78.9 Å². The van der Waals surface area contributed by atoms with Gasteiger partial charge >= 0.3 is 5.97 Å². The molecule has 11 nitrogen and oxygen atoms in total. The Kier molecular flexibility index (Phi) is 9.67. The number of hydrogen-bond acceptors (Lipinski definition) is 10. The number of hydrogen-bond donors (Lipinski definition) is 4. The molecule has 2 heterocycles. The number of esters is 1. The first-order chi connectivity index (χ1) is 24.2. The van der Waals surface area contributed by atoms with E-state index in [1.807, 2.05) is 45.2 Å². The van der Waals surface area contributed by atoms with Crippen LogP contribution in [-0.2, 0) is 21.6 Å². The number of halogens is 4. The molecule has 0 bridgehead atoms. The third-order valence-electron chi connectivity index (χ3n) is 8.33. The van der Waals surface area contributed by atoms with Gasteiger partial charge in [0.25, 0.3) is 5.91 Å². The van der Waals surface area contributed by atoms with E-state index in [4.69, 9.17) is 14.2 Å². The highest BCUT2D eigenvalue weighted by Crippen LogP contribution is 2.57. The number of ether oxygens (including phenoxy) is 3. The van der Waals surface area contributed by atoms with Gasteiger partial charge in [-0.15, -0.1) is 0 Å². The maximum atomic E-state index is 13.5. The number of fused-ring (bicyclic) bond motifs is 6. The van der Waals surface area contributed by atoms with E-state index in [9.17, 15) is 34.8 Å². The van der Waals surface area contributed by atoms with Crippen molar-refractivity contribution in [3.63, 3.8) is 0 Å². The summed E-state index contributed by atoms with van der Waals surface area (Å²) in [6.45, 7) is 0. The first kappa shape index (κ1) is 35.8. The number of phenols is 3. The van der Waals surface area contributed by atoms with Crippen LogP contribution in [0, 0.1) is 14.3 Å². The van der Waals surface area contributed by atoms with Gasteiger partial charge in [-0.3, -0.25) is 4.79 Å². The van der Waals surface area contributed by atoms with Crippen LogP contribution in [0.1, 0.15) is 43.0 Å². The number of carboxylic acid groups (broad SMARTS) is 1. The first-order valence-corrected chi connectivity index (χ1v) is 19.1. The molecule has 2 aliphatic heterocycles. The Bertz CT molecular complexity index is 2230. The number of carboxylic acids is 1. The van der Waals surface area contributed by atoms with E-state index in [1.54, 1.807) is 42.5 Å². The molecule has 0 saturated carbocycles. The lowest BCUT2D eigenvalue weighted by Crippen LogP contribution is -2.49. The SMILES string of the molecule is O=C(N[C@@H](Cc1cc(I)c(Oc2cc(I)c(O)c(I)c2)c(I)c1)C(=O)[O-])c1ccc2c(c1)C(=O)OC21c2ccc(O)cc2Oc2cc(O)ccc21. The van der Waals surface area contributed by atoms with E-state index < -0.39 is 29.5 Å². The Balaban J connectivity index is 1.16. The quantitative estimate of drug-likeness (QED) is 0.102. The topological polar surface area (TPSA) is 175 Å². The number of nitrogens with one attached hydrogen (secondary N) is 1.